The van der Waals surface area contributed by atoms with Crippen molar-refractivity contribution in [2.75, 3.05) is 4.90 Å². The highest BCUT2D eigenvalue weighted by molar-refractivity contribution is 6.13. The highest BCUT2D eigenvalue weighted by atomic mass is 16.5. The standard InChI is InChI=1S/C75H38N10O2/c1-78-45-27-31-63-54(35-45)51-15-4-7-19-60(51)83(63)48-38-58-72(81-42-48)71-57(37-47(41-80-71)82-59-18-6-3-13-49(59)52-33-43(39-76)25-29-62(52)82)75(58)55-16-11-22-67(84-61-20-8-5-14-50(61)53-34-44(40-77)26-30-64(53)84)73(55)87-74-56(75)17-12-23-68(74)85-65-21-9-10-24-69(65)86-70-36-46(79-2)28-32-66(70)85/h3-38,41-42H. The molecule has 0 N–H and O–H groups in total. The molecule has 15 aromatic rings. The van der Waals surface area contributed by atoms with Crippen LogP contribution in [0.2, 0.25) is 0 Å². The van der Waals surface area contributed by atoms with Gasteiger partial charge in [0.25, 0.3) is 0 Å². The van der Waals surface area contributed by atoms with Gasteiger partial charge in [0.1, 0.15) is 5.75 Å². The minimum atomic E-state index is -1.25. The maximum Gasteiger partial charge on any atom is 0.191 e. The number of hydrogen-bond acceptors (Lipinski definition) is 7. The van der Waals surface area contributed by atoms with Crippen LogP contribution < -0.4 is 14.4 Å². The molecule has 1 aliphatic carbocycles. The fraction of sp³-hybridized carbons (Fsp3) is 0.0133. The molecule has 1 atom stereocenters. The molecule has 3 aliphatic rings. The van der Waals surface area contributed by atoms with Crippen molar-refractivity contribution in [3.63, 3.8) is 0 Å². The van der Waals surface area contributed by atoms with E-state index in [9.17, 15) is 10.5 Å². The Morgan fingerprint density at radius 1 is 0.379 bits per heavy atom. The molecule has 0 bridgehead atoms. The van der Waals surface area contributed by atoms with Gasteiger partial charge in [0.15, 0.2) is 28.6 Å². The Bertz CT molecular complexity index is 5640. The van der Waals surface area contributed by atoms with Gasteiger partial charge in [-0.15, -0.1) is 0 Å². The van der Waals surface area contributed by atoms with Crippen LogP contribution in [-0.2, 0) is 5.41 Å². The van der Waals surface area contributed by atoms with Crippen LogP contribution in [0.4, 0.5) is 28.4 Å². The Morgan fingerprint density at radius 2 is 0.839 bits per heavy atom. The third-order valence-corrected chi connectivity index (χ3v) is 17.8. The third-order valence-electron chi connectivity index (χ3n) is 17.8. The van der Waals surface area contributed by atoms with Crippen molar-refractivity contribution in [2.45, 2.75) is 5.41 Å². The lowest BCUT2D eigenvalue weighted by Crippen LogP contribution is -2.33. The van der Waals surface area contributed by atoms with Gasteiger partial charge >= 0.3 is 0 Å². The number of hydrogen-bond donors (Lipinski definition) is 0. The molecule has 7 heterocycles. The molecule has 1 spiro atoms. The lowest BCUT2D eigenvalue weighted by molar-refractivity contribution is 0.434. The van der Waals surface area contributed by atoms with Gasteiger partial charge in [0.05, 0.1) is 133 Å². The van der Waals surface area contributed by atoms with Gasteiger partial charge in [-0.3, -0.25) is 14.9 Å². The monoisotopic (exact) mass is 1110 g/mol. The van der Waals surface area contributed by atoms with E-state index in [-0.39, 0.29) is 0 Å². The summed E-state index contributed by atoms with van der Waals surface area (Å²) in [5.41, 5.74) is 15.9. The molecule has 2 aliphatic heterocycles. The first-order valence-electron chi connectivity index (χ1n) is 28.3. The lowest BCUT2D eigenvalue weighted by Gasteiger charge is -2.42. The molecule has 87 heavy (non-hydrogen) atoms. The Morgan fingerprint density at radius 3 is 1.44 bits per heavy atom. The number of anilines is 3. The van der Waals surface area contributed by atoms with Crippen molar-refractivity contribution in [1.82, 2.24) is 23.7 Å². The maximum absolute atomic E-state index is 10.3. The maximum atomic E-state index is 10.3. The zero-order valence-corrected chi connectivity index (χ0v) is 45.7. The molecule has 400 valence electrons. The van der Waals surface area contributed by atoms with Gasteiger partial charge < -0.3 is 23.2 Å². The highest BCUT2D eigenvalue weighted by Crippen LogP contribution is 2.66. The summed E-state index contributed by atoms with van der Waals surface area (Å²) in [7, 11) is 0. The number of nitriles is 2. The second kappa shape index (κ2) is 17.6. The molecule has 0 saturated carbocycles. The number of fused-ring (bicyclic) bond motifs is 20. The predicted octanol–water partition coefficient (Wildman–Crippen LogP) is 18.7. The van der Waals surface area contributed by atoms with Crippen LogP contribution in [0.5, 0.6) is 23.0 Å². The van der Waals surface area contributed by atoms with Crippen molar-refractivity contribution in [3.05, 3.63) is 287 Å². The summed E-state index contributed by atoms with van der Waals surface area (Å²) in [6, 6.07) is 77.9. The van der Waals surface area contributed by atoms with Crippen molar-refractivity contribution in [2.24, 2.45) is 0 Å². The molecule has 10 aromatic carbocycles. The van der Waals surface area contributed by atoms with E-state index in [1.54, 1.807) is 6.07 Å². The number of ether oxygens (including phenoxy) is 2. The first-order chi connectivity index (χ1) is 42.9. The Balaban J connectivity index is 1.00. The minimum Gasteiger partial charge on any atom is -0.454 e. The largest absolute Gasteiger partial charge is 0.454 e. The molecule has 12 nitrogen and oxygen atoms in total. The molecular formula is C75H38N10O2. The molecule has 18 rings (SSSR count). The van der Waals surface area contributed by atoms with Crippen molar-refractivity contribution < 1.29 is 9.47 Å². The van der Waals surface area contributed by atoms with Crippen LogP contribution in [0.1, 0.15) is 33.4 Å². The summed E-state index contributed by atoms with van der Waals surface area (Å²) in [6.45, 7) is 16.0. The van der Waals surface area contributed by atoms with Crippen molar-refractivity contribution in [1.29, 1.82) is 10.5 Å². The molecule has 5 aromatic heterocycles. The topological polar surface area (TPSA) is 119 Å². The van der Waals surface area contributed by atoms with Gasteiger partial charge in [-0.05, 0) is 121 Å². The normalized spacial score (nSPS) is 14.1. The summed E-state index contributed by atoms with van der Waals surface area (Å²) in [5, 5.41) is 26.3. The quantitative estimate of drug-likeness (QED) is 0.161. The van der Waals surface area contributed by atoms with E-state index in [1.807, 2.05) is 140 Å². The van der Waals surface area contributed by atoms with Gasteiger partial charge in [-0.2, -0.15) is 10.5 Å². The molecular weight excluding hydrogens is 1070 g/mol. The highest BCUT2D eigenvalue weighted by Gasteiger charge is 2.55. The summed E-state index contributed by atoms with van der Waals surface area (Å²) in [6.07, 6.45) is 3.87. The summed E-state index contributed by atoms with van der Waals surface area (Å²) in [4.78, 5) is 21.0. The number of pyridine rings is 2. The minimum absolute atomic E-state index is 0.444. The van der Waals surface area contributed by atoms with E-state index < -0.39 is 5.41 Å². The number of para-hydroxylation sites is 7. The third kappa shape index (κ3) is 6.39. The smallest absolute Gasteiger partial charge is 0.191 e. The van der Waals surface area contributed by atoms with Crippen LogP contribution >= 0.6 is 0 Å². The fourth-order valence-electron chi connectivity index (χ4n) is 14.3. The lowest BCUT2D eigenvalue weighted by atomic mass is 9.66. The van der Waals surface area contributed by atoms with Gasteiger partial charge in [0.2, 0.25) is 0 Å². The van der Waals surface area contributed by atoms with E-state index in [4.69, 9.17) is 32.6 Å². The van der Waals surface area contributed by atoms with Crippen LogP contribution in [0, 0.1) is 35.8 Å². The Hall–Kier alpha value is -12.7. The molecule has 0 amide bonds. The zero-order chi connectivity index (χ0) is 57.8. The van der Waals surface area contributed by atoms with Crippen molar-refractivity contribution in [3.8, 4) is 63.6 Å². The molecule has 12 heteroatoms. The van der Waals surface area contributed by atoms with Crippen LogP contribution in [0.3, 0.4) is 0 Å². The molecule has 0 fully saturated rings. The van der Waals surface area contributed by atoms with E-state index in [2.05, 4.69) is 125 Å². The summed E-state index contributed by atoms with van der Waals surface area (Å²) < 4.78 is 21.3. The predicted molar refractivity (Wildman–Crippen MR) is 339 cm³/mol. The summed E-state index contributed by atoms with van der Waals surface area (Å²) in [5.74, 6) is 2.30. The first kappa shape index (κ1) is 47.9. The van der Waals surface area contributed by atoms with Gasteiger partial charge in [0, 0.05) is 49.2 Å². The van der Waals surface area contributed by atoms with Crippen LogP contribution in [0.15, 0.2) is 231 Å². The van der Waals surface area contributed by atoms with Crippen LogP contribution in [0.25, 0.3) is 104 Å². The number of benzene rings is 10. The molecule has 0 radical (unpaired) electrons. The molecule has 1 unspecified atom stereocenters. The van der Waals surface area contributed by atoms with Crippen LogP contribution in [-0.4, -0.2) is 23.7 Å². The second-order valence-corrected chi connectivity index (χ2v) is 22.1. The number of rotatable bonds is 4. The Kier molecular flexibility index (Phi) is 9.70. The zero-order valence-electron chi connectivity index (χ0n) is 45.7. The van der Waals surface area contributed by atoms with E-state index in [1.165, 1.54) is 0 Å². The van der Waals surface area contributed by atoms with E-state index >= 15 is 0 Å². The fourth-order valence-corrected chi connectivity index (χ4v) is 14.3. The van der Waals surface area contributed by atoms with E-state index in [0.29, 0.717) is 56.9 Å². The van der Waals surface area contributed by atoms with Gasteiger partial charge in [-0.25, -0.2) is 9.69 Å². The van der Waals surface area contributed by atoms with Crippen molar-refractivity contribution >= 4 is 93.9 Å². The van der Waals surface area contributed by atoms with E-state index in [0.717, 1.165) is 122 Å². The second-order valence-electron chi connectivity index (χ2n) is 22.1. The summed E-state index contributed by atoms with van der Waals surface area (Å²) >= 11 is 0. The molecule has 0 saturated heterocycles. The first-order valence-corrected chi connectivity index (χ1v) is 28.3. The Labute approximate surface area is 495 Å². The number of nitrogens with zero attached hydrogens (tertiary/aromatic N) is 10. The SMILES string of the molecule is [C-]#[N+]c1ccc2c(c1)Oc1ccccc1N2c1cccc2c1Oc1c(-n3c4ccccc4c4cc(C#N)ccc43)cccc1C21c2cc(-n3c4ccccc4c4cc(C#N)ccc43)cnc2-c2ncc(-n3c4ccccc4c4cc([N+]#[C-])ccc43)cc21. The van der Waals surface area contributed by atoms with Gasteiger partial charge in [-0.1, -0.05) is 103 Å². The average molecular weight is 1110 g/mol. The average Bonchev–Trinajstić information content (AvgIpc) is 1.59. The number of aromatic nitrogens is 5.